The normalized spacial score (nSPS) is 17.8. The number of carbonyl (C=O) groups excluding carboxylic acids is 1. The molecule has 184 valence electrons. The van der Waals surface area contributed by atoms with Crippen molar-refractivity contribution in [3.05, 3.63) is 70.2 Å². The Kier molecular flexibility index (Phi) is 6.13. The monoisotopic (exact) mass is 476 g/mol. The minimum absolute atomic E-state index is 0.0599. The second kappa shape index (κ2) is 9.11. The molecular formula is C28H33FN4O2. The van der Waals surface area contributed by atoms with Crippen molar-refractivity contribution in [1.82, 2.24) is 14.9 Å². The van der Waals surface area contributed by atoms with Gasteiger partial charge in [-0.05, 0) is 68.5 Å². The number of nitrogens with zero attached hydrogens (tertiary/aromatic N) is 2. The Morgan fingerprint density at radius 2 is 1.80 bits per heavy atom. The molecule has 0 radical (unpaired) electrons. The summed E-state index contributed by atoms with van der Waals surface area (Å²) in [5.41, 5.74) is 5.46. The quantitative estimate of drug-likeness (QED) is 0.527. The zero-order valence-corrected chi connectivity index (χ0v) is 20.9. The Labute approximate surface area is 205 Å². The maximum Gasteiger partial charge on any atom is 0.254 e. The molecule has 3 aromatic rings. The van der Waals surface area contributed by atoms with Crippen LogP contribution in [0.15, 0.2) is 36.4 Å². The molecule has 0 spiro atoms. The van der Waals surface area contributed by atoms with Crippen molar-refractivity contribution in [3.8, 4) is 11.3 Å². The highest BCUT2D eigenvalue weighted by Gasteiger charge is 2.47. The number of carbonyl (C=O) groups is 1. The minimum atomic E-state index is -1.51. The second-order valence-corrected chi connectivity index (χ2v) is 9.91. The Bertz CT molecular complexity index is 1240. The van der Waals surface area contributed by atoms with Crippen molar-refractivity contribution in [2.45, 2.75) is 45.2 Å². The van der Waals surface area contributed by atoms with Crippen LogP contribution in [0, 0.1) is 20.8 Å². The van der Waals surface area contributed by atoms with Crippen molar-refractivity contribution in [3.63, 3.8) is 0 Å². The van der Waals surface area contributed by atoms with E-state index >= 15 is 4.39 Å². The molecule has 35 heavy (non-hydrogen) atoms. The van der Waals surface area contributed by atoms with Crippen molar-refractivity contribution in [1.29, 1.82) is 0 Å². The first-order valence-electron chi connectivity index (χ1n) is 12.3. The van der Waals surface area contributed by atoms with E-state index in [9.17, 15) is 4.79 Å². The summed E-state index contributed by atoms with van der Waals surface area (Å²) in [7, 11) is 1.83. The predicted molar refractivity (Wildman–Crippen MR) is 136 cm³/mol. The third-order valence-corrected chi connectivity index (χ3v) is 7.44. The Hall–Kier alpha value is -3.19. The molecule has 2 aliphatic heterocycles. The maximum atomic E-state index is 15.5. The van der Waals surface area contributed by atoms with E-state index in [-0.39, 0.29) is 19.0 Å². The van der Waals surface area contributed by atoms with Crippen LogP contribution in [0.4, 0.5) is 10.1 Å². The minimum Gasteiger partial charge on any atom is -0.388 e. The van der Waals surface area contributed by atoms with Gasteiger partial charge in [0.15, 0.2) is 5.67 Å². The zero-order chi connectivity index (χ0) is 24.7. The maximum absolute atomic E-state index is 15.5. The number of hydrogen-bond donors (Lipinski definition) is 2. The van der Waals surface area contributed by atoms with Gasteiger partial charge in [-0.2, -0.15) is 0 Å². The summed E-state index contributed by atoms with van der Waals surface area (Å²) in [5.74, 6) is 1.22. The molecule has 1 amide bonds. The first-order valence-corrected chi connectivity index (χ1v) is 12.3. The lowest BCUT2D eigenvalue weighted by atomic mass is 9.86. The fourth-order valence-electron chi connectivity index (χ4n) is 5.25. The van der Waals surface area contributed by atoms with Crippen LogP contribution in [0.1, 0.15) is 57.3 Å². The summed E-state index contributed by atoms with van der Waals surface area (Å²) in [6.45, 7) is 7.63. The number of amides is 1. The number of halogens is 1. The van der Waals surface area contributed by atoms with Crippen LogP contribution in [-0.4, -0.2) is 54.1 Å². The third-order valence-electron chi connectivity index (χ3n) is 7.44. The highest BCUT2D eigenvalue weighted by molar-refractivity contribution is 5.98. The summed E-state index contributed by atoms with van der Waals surface area (Å²) >= 11 is 0. The molecule has 2 N–H and O–H groups in total. The number of aryl methyl sites for hydroxylation is 3. The predicted octanol–water partition coefficient (Wildman–Crippen LogP) is 5.26. The molecule has 0 atom stereocenters. The molecule has 1 aromatic heterocycles. The summed E-state index contributed by atoms with van der Waals surface area (Å²) in [6, 6.07) is 11.3. The molecule has 0 saturated carbocycles. The van der Waals surface area contributed by atoms with Gasteiger partial charge in [-0.25, -0.2) is 9.37 Å². The smallest absolute Gasteiger partial charge is 0.254 e. The molecule has 2 saturated heterocycles. The van der Waals surface area contributed by atoms with E-state index in [1.807, 2.05) is 45.2 Å². The number of rotatable bonds is 5. The van der Waals surface area contributed by atoms with Crippen LogP contribution in [0.5, 0.6) is 0 Å². The lowest BCUT2D eigenvalue weighted by Crippen LogP contribution is -2.58. The summed E-state index contributed by atoms with van der Waals surface area (Å²) in [6.07, 6.45) is 1.92. The largest absolute Gasteiger partial charge is 0.388 e. The number of benzene rings is 2. The SMILES string of the molecule is CNc1ccc(C2(F)CN(C(=O)c3cc(-c4[nH]c(C5CCOCC5)nc4C)c(C)cc3C)C2)cc1. The van der Waals surface area contributed by atoms with Gasteiger partial charge in [0.1, 0.15) is 5.82 Å². The number of H-pyrrole nitrogens is 1. The van der Waals surface area contributed by atoms with Crippen LogP contribution in [0.2, 0.25) is 0 Å². The second-order valence-electron chi connectivity index (χ2n) is 9.91. The number of imidazole rings is 1. The molecule has 3 heterocycles. The van der Waals surface area contributed by atoms with Crippen LogP contribution in [-0.2, 0) is 10.4 Å². The summed E-state index contributed by atoms with van der Waals surface area (Å²) in [5, 5.41) is 3.04. The Morgan fingerprint density at radius 1 is 1.11 bits per heavy atom. The molecule has 2 aromatic carbocycles. The number of aromatic amines is 1. The van der Waals surface area contributed by atoms with E-state index in [0.717, 1.165) is 65.6 Å². The molecule has 2 aliphatic rings. The Balaban J connectivity index is 1.38. The fraction of sp³-hybridized carbons (Fsp3) is 0.429. The van der Waals surface area contributed by atoms with Gasteiger partial charge in [0.2, 0.25) is 0 Å². The summed E-state index contributed by atoms with van der Waals surface area (Å²) in [4.78, 5) is 23.4. The van der Waals surface area contributed by atoms with Crippen LogP contribution in [0.3, 0.4) is 0 Å². The number of anilines is 1. The Morgan fingerprint density at radius 3 is 2.46 bits per heavy atom. The number of ether oxygens (including phenoxy) is 1. The number of hydrogen-bond acceptors (Lipinski definition) is 4. The molecule has 0 aliphatic carbocycles. The van der Waals surface area contributed by atoms with Crippen molar-refractivity contribution < 1.29 is 13.9 Å². The van der Waals surface area contributed by atoms with E-state index in [4.69, 9.17) is 9.72 Å². The first kappa shape index (κ1) is 23.5. The first-order chi connectivity index (χ1) is 16.8. The number of aromatic nitrogens is 2. The highest BCUT2D eigenvalue weighted by Crippen LogP contribution is 2.38. The van der Waals surface area contributed by atoms with Gasteiger partial charge >= 0.3 is 0 Å². The number of nitrogens with one attached hydrogen (secondary N) is 2. The molecule has 5 rings (SSSR count). The van der Waals surface area contributed by atoms with E-state index < -0.39 is 5.67 Å². The third kappa shape index (κ3) is 4.33. The number of likely N-dealkylation sites (tertiary alicyclic amines) is 1. The summed E-state index contributed by atoms with van der Waals surface area (Å²) < 4.78 is 21.0. The average molecular weight is 477 g/mol. The zero-order valence-electron chi connectivity index (χ0n) is 20.9. The van der Waals surface area contributed by atoms with Crippen molar-refractivity contribution in [2.75, 3.05) is 38.7 Å². The van der Waals surface area contributed by atoms with Crippen molar-refractivity contribution >= 4 is 11.6 Å². The van der Waals surface area contributed by atoms with Gasteiger partial charge in [-0.3, -0.25) is 4.79 Å². The van der Waals surface area contributed by atoms with E-state index in [1.165, 1.54) is 0 Å². The average Bonchev–Trinajstić information content (AvgIpc) is 3.23. The standard InChI is InChI=1S/C28H33FN4O2/c1-17-13-18(2)24(14-23(17)25-19(3)31-26(32-25)20-9-11-35-12-10-20)27(34)33-15-28(29,16-33)21-5-7-22(30-4)8-6-21/h5-8,13-14,20,30H,9-12,15-16H2,1-4H3,(H,31,32). The van der Waals surface area contributed by atoms with E-state index in [1.54, 1.807) is 17.0 Å². The molecule has 0 unspecified atom stereocenters. The van der Waals surface area contributed by atoms with Crippen LogP contribution >= 0.6 is 0 Å². The highest BCUT2D eigenvalue weighted by atomic mass is 19.1. The van der Waals surface area contributed by atoms with Gasteiger partial charge in [-0.15, -0.1) is 0 Å². The molecule has 6 nitrogen and oxygen atoms in total. The topological polar surface area (TPSA) is 70.2 Å². The fourth-order valence-corrected chi connectivity index (χ4v) is 5.25. The van der Waals surface area contributed by atoms with Gasteiger partial charge in [0.25, 0.3) is 5.91 Å². The van der Waals surface area contributed by atoms with Crippen LogP contribution in [0.25, 0.3) is 11.3 Å². The van der Waals surface area contributed by atoms with E-state index in [0.29, 0.717) is 17.0 Å². The van der Waals surface area contributed by atoms with Crippen molar-refractivity contribution in [2.24, 2.45) is 0 Å². The molecule has 2 fully saturated rings. The van der Waals surface area contributed by atoms with Crippen LogP contribution < -0.4 is 5.32 Å². The molecule has 7 heteroatoms. The van der Waals surface area contributed by atoms with E-state index in [2.05, 4.69) is 17.2 Å². The lowest BCUT2D eigenvalue weighted by Gasteiger charge is -2.45. The number of alkyl halides is 1. The molecular weight excluding hydrogens is 443 g/mol. The van der Waals surface area contributed by atoms with Gasteiger partial charge in [-0.1, -0.05) is 18.2 Å². The van der Waals surface area contributed by atoms with Gasteiger partial charge in [0.05, 0.1) is 24.5 Å². The lowest BCUT2D eigenvalue weighted by molar-refractivity contribution is -0.0231. The van der Waals surface area contributed by atoms with Gasteiger partial charge in [0, 0.05) is 43.0 Å². The van der Waals surface area contributed by atoms with Gasteiger partial charge < -0.3 is 19.9 Å². The molecule has 0 bridgehead atoms.